The molecule has 2 aliphatic rings. The predicted molar refractivity (Wildman–Crippen MR) is 88.1 cm³/mol. The maximum absolute atomic E-state index is 12.4. The van der Waals surface area contributed by atoms with Crippen molar-refractivity contribution in [3.63, 3.8) is 0 Å². The lowest BCUT2D eigenvalue weighted by Crippen LogP contribution is -2.75. The van der Waals surface area contributed by atoms with Crippen molar-refractivity contribution in [2.75, 3.05) is 39.6 Å². The highest BCUT2D eigenvalue weighted by molar-refractivity contribution is 5.88. The molecule has 0 spiro atoms. The van der Waals surface area contributed by atoms with Crippen LogP contribution in [-0.2, 0) is 19.0 Å². The number of carbonyl (C=O) groups is 1. The van der Waals surface area contributed by atoms with Crippen LogP contribution in [0.2, 0.25) is 0 Å². The SMILES string of the molecule is CCOC1CC(N)(C(=O)NCCCOCC2CCOC2)C1(C)C. The van der Waals surface area contributed by atoms with Gasteiger partial charge in [0.2, 0.25) is 5.91 Å². The van der Waals surface area contributed by atoms with Crippen molar-refractivity contribution in [2.45, 2.75) is 51.7 Å². The van der Waals surface area contributed by atoms with E-state index >= 15 is 0 Å². The minimum Gasteiger partial charge on any atom is -0.381 e. The van der Waals surface area contributed by atoms with Crippen LogP contribution in [-0.4, -0.2) is 57.1 Å². The van der Waals surface area contributed by atoms with Gasteiger partial charge in [-0.1, -0.05) is 13.8 Å². The van der Waals surface area contributed by atoms with E-state index in [2.05, 4.69) is 5.32 Å². The van der Waals surface area contributed by atoms with Crippen molar-refractivity contribution in [1.29, 1.82) is 0 Å². The molecule has 2 fully saturated rings. The van der Waals surface area contributed by atoms with E-state index in [0.29, 0.717) is 32.1 Å². The van der Waals surface area contributed by atoms with Gasteiger partial charge < -0.3 is 25.3 Å². The summed E-state index contributed by atoms with van der Waals surface area (Å²) in [6.07, 6.45) is 2.52. The number of amides is 1. The Balaban J connectivity index is 1.61. The Morgan fingerprint density at radius 2 is 2.22 bits per heavy atom. The van der Waals surface area contributed by atoms with Gasteiger partial charge in [0.15, 0.2) is 0 Å². The molecule has 0 aromatic rings. The second-order valence-corrected chi connectivity index (χ2v) is 7.26. The molecule has 1 saturated heterocycles. The first kappa shape index (κ1) is 18.6. The molecule has 0 radical (unpaired) electrons. The lowest BCUT2D eigenvalue weighted by Gasteiger charge is -2.57. The largest absolute Gasteiger partial charge is 0.381 e. The molecule has 1 aliphatic carbocycles. The molecule has 0 aromatic carbocycles. The van der Waals surface area contributed by atoms with Crippen LogP contribution in [0.3, 0.4) is 0 Å². The fourth-order valence-corrected chi connectivity index (χ4v) is 3.32. The fraction of sp³-hybridized carbons (Fsp3) is 0.941. The van der Waals surface area contributed by atoms with Gasteiger partial charge in [-0.25, -0.2) is 0 Å². The fourth-order valence-electron chi connectivity index (χ4n) is 3.32. The average molecular weight is 328 g/mol. The topological polar surface area (TPSA) is 82.8 Å². The van der Waals surface area contributed by atoms with Crippen molar-refractivity contribution in [1.82, 2.24) is 5.32 Å². The zero-order valence-electron chi connectivity index (χ0n) is 14.7. The Labute approximate surface area is 139 Å². The van der Waals surface area contributed by atoms with Crippen LogP contribution in [0.4, 0.5) is 0 Å². The van der Waals surface area contributed by atoms with Gasteiger partial charge in [0.25, 0.3) is 0 Å². The highest BCUT2D eigenvalue weighted by Gasteiger charge is 2.62. The number of ether oxygens (including phenoxy) is 3. The van der Waals surface area contributed by atoms with Crippen LogP contribution in [0, 0.1) is 11.3 Å². The average Bonchev–Trinajstić information content (AvgIpc) is 3.03. The van der Waals surface area contributed by atoms with Gasteiger partial charge in [-0.2, -0.15) is 0 Å². The molecule has 3 unspecified atom stereocenters. The van der Waals surface area contributed by atoms with Gasteiger partial charge >= 0.3 is 0 Å². The number of nitrogens with one attached hydrogen (secondary N) is 1. The maximum Gasteiger partial charge on any atom is 0.240 e. The predicted octanol–water partition coefficient (Wildman–Crippen LogP) is 1.08. The van der Waals surface area contributed by atoms with Gasteiger partial charge in [-0.15, -0.1) is 0 Å². The molecule has 6 heteroatoms. The highest BCUT2D eigenvalue weighted by Crippen LogP contribution is 2.49. The van der Waals surface area contributed by atoms with Crippen molar-refractivity contribution in [3.05, 3.63) is 0 Å². The summed E-state index contributed by atoms with van der Waals surface area (Å²) in [5.74, 6) is 0.450. The van der Waals surface area contributed by atoms with E-state index in [1.165, 1.54) is 0 Å². The normalized spacial score (nSPS) is 32.5. The van der Waals surface area contributed by atoms with Gasteiger partial charge in [0.1, 0.15) is 5.54 Å². The van der Waals surface area contributed by atoms with Gasteiger partial charge in [0.05, 0.1) is 19.3 Å². The van der Waals surface area contributed by atoms with Crippen LogP contribution in [0.15, 0.2) is 0 Å². The Bertz CT molecular complexity index is 396. The monoisotopic (exact) mass is 328 g/mol. The van der Waals surface area contributed by atoms with Gasteiger partial charge in [0, 0.05) is 44.1 Å². The van der Waals surface area contributed by atoms with Gasteiger partial charge in [-0.3, -0.25) is 4.79 Å². The Kier molecular flexibility index (Phi) is 6.42. The maximum atomic E-state index is 12.4. The molecule has 3 N–H and O–H groups in total. The van der Waals surface area contributed by atoms with Crippen molar-refractivity contribution < 1.29 is 19.0 Å². The number of carbonyl (C=O) groups excluding carboxylic acids is 1. The summed E-state index contributed by atoms with van der Waals surface area (Å²) in [5.41, 5.74) is 5.15. The minimum absolute atomic E-state index is 0.0558. The molecule has 1 aliphatic heterocycles. The Hall–Kier alpha value is -0.690. The van der Waals surface area contributed by atoms with Gasteiger partial charge in [-0.05, 0) is 19.8 Å². The lowest BCUT2D eigenvalue weighted by atomic mass is 9.54. The Morgan fingerprint density at radius 1 is 1.43 bits per heavy atom. The lowest BCUT2D eigenvalue weighted by molar-refractivity contribution is -0.170. The van der Waals surface area contributed by atoms with Crippen LogP contribution < -0.4 is 11.1 Å². The van der Waals surface area contributed by atoms with E-state index in [0.717, 1.165) is 32.7 Å². The summed E-state index contributed by atoms with van der Waals surface area (Å²) in [6.45, 7) is 10.3. The van der Waals surface area contributed by atoms with Crippen LogP contribution in [0.25, 0.3) is 0 Å². The third-order valence-corrected chi connectivity index (χ3v) is 5.36. The molecule has 23 heavy (non-hydrogen) atoms. The molecule has 1 saturated carbocycles. The molecule has 1 amide bonds. The molecular formula is C17H32N2O4. The van der Waals surface area contributed by atoms with E-state index in [9.17, 15) is 4.79 Å². The van der Waals surface area contributed by atoms with E-state index in [4.69, 9.17) is 19.9 Å². The summed E-state index contributed by atoms with van der Waals surface area (Å²) < 4.78 is 16.6. The van der Waals surface area contributed by atoms with Crippen molar-refractivity contribution >= 4 is 5.91 Å². The zero-order valence-corrected chi connectivity index (χ0v) is 14.7. The third-order valence-electron chi connectivity index (χ3n) is 5.36. The Morgan fingerprint density at radius 3 is 2.83 bits per heavy atom. The summed E-state index contributed by atoms with van der Waals surface area (Å²) in [7, 11) is 0. The smallest absolute Gasteiger partial charge is 0.240 e. The summed E-state index contributed by atoms with van der Waals surface area (Å²) in [6, 6.07) is 0. The standard InChI is InChI=1S/C17H32N2O4/c1-4-23-14-10-17(18,16(14,2)3)15(20)19-7-5-8-21-11-13-6-9-22-12-13/h13-14H,4-12,18H2,1-3H3,(H,19,20). The number of nitrogens with two attached hydrogens (primary N) is 1. The first-order chi connectivity index (χ1) is 10.9. The van der Waals surface area contributed by atoms with Crippen molar-refractivity contribution in [2.24, 2.45) is 17.1 Å². The van der Waals surface area contributed by atoms with E-state index < -0.39 is 5.54 Å². The van der Waals surface area contributed by atoms with Crippen LogP contribution in [0.5, 0.6) is 0 Å². The molecule has 134 valence electrons. The highest BCUT2D eigenvalue weighted by atomic mass is 16.5. The quantitative estimate of drug-likeness (QED) is 0.619. The molecule has 0 bridgehead atoms. The van der Waals surface area contributed by atoms with E-state index in [-0.39, 0.29) is 17.4 Å². The summed E-state index contributed by atoms with van der Waals surface area (Å²) >= 11 is 0. The first-order valence-electron chi connectivity index (χ1n) is 8.76. The molecule has 6 nitrogen and oxygen atoms in total. The summed E-state index contributed by atoms with van der Waals surface area (Å²) in [5, 5.41) is 2.95. The molecule has 0 aromatic heterocycles. The number of hydrogen-bond donors (Lipinski definition) is 2. The second kappa shape index (κ2) is 7.92. The first-order valence-corrected chi connectivity index (χ1v) is 8.76. The second-order valence-electron chi connectivity index (χ2n) is 7.26. The van der Waals surface area contributed by atoms with Crippen molar-refractivity contribution in [3.8, 4) is 0 Å². The van der Waals surface area contributed by atoms with E-state index in [1.807, 2.05) is 20.8 Å². The zero-order chi connectivity index (χ0) is 16.9. The number of hydrogen-bond acceptors (Lipinski definition) is 5. The van der Waals surface area contributed by atoms with Crippen LogP contribution >= 0.6 is 0 Å². The molecule has 2 rings (SSSR count). The molecular weight excluding hydrogens is 296 g/mol. The third kappa shape index (κ3) is 4.05. The molecule has 1 heterocycles. The summed E-state index contributed by atoms with van der Waals surface area (Å²) in [4.78, 5) is 12.4. The minimum atomic E-state index is -0.838. The number of rotatable bonds is 9. The molecule has 3 atom stereocenters. The van der Waals surface area contributed by atoms with Crippen LogP contribution in [0.1, 0.15) is 40.0 Å². The van der Waals surface area contributed by atoms with E-state index in [1.54, 1.807) is 0 Å².